The van der Waals surface area contributed by atoms with Crippen LogP contribution in [-0.4, -0.2) is 17.3 Å². The van der Waals surface area contributed by atoms with E-state index >= 15 is 0 Å². The monoisotopic (exact) mass is 261 g/mol. The molecule has 2 rings (SSSR count). The van der Waals surface area contributed by atoms with Gasteiger partial charge in [0.2, 0.25) is 0 Å². The average molecular weight is 261 g/mol. The van der Waals surface area contributed by atoms with Gasteiger partial charge in [-0.05, 0) is 24.8 Å². The predicted molar refractivity (Wildman–Crippen MR) is 80.1 cm³/mol. The van der Waals surface area contributed by atoms with Crippen molar-refractivity contribution in [1.29, 1.82) is 0 Å². The van der Waals surface area contributed by atoms with E-state index in [-0.39, 0.29) is 11.3 Å². The van der Waals surface area contributed by atoms with Crippen molar-refractivity contribution in [3.05, 3.63) is 35.9 Å². The minimum atomic E-state index is -0.671. The van der Waals surface area contributed by atoms with Gasteiger partial charge >= 0.3 is 0 Å². The molecule has 2 nitrogen and oxygen atoms in total. The lowest BCUT2D eigenvalue weighted by molar-refractivity contribution is -0.115. The van der Waals surface area contributed by atoms with E-state index in [9.17, 15) is 5.11 Å². The summed E-state index contributed by atoms with van der Waals surface area (Å²) in [6.07, 6.45) is 5.16. The number of benzene rings is 1. The van der Waals surface area contributed by atoms with E-state index in [1.807, 2.05) is 6.07 Å². The number of rotatable bonds is 4. The molecular formula is C17H27NO. The van der Waals surface area contributed by atoms with Gasteiger partial charge in [0.25, 0.3) is 0 Å². The molecule has 0 radical (unpaired) electrons. The lowest BCUT2D eigenvalue weighted by atomic mass is 9.58. The third kappa shape index (κ3) is 2.44. The second kappa shape index (κ2) is 5.64. The van der Waals surface area contributed by atoms with E-state index in [0.29, 0.717) is 6.54 Å². The molecule has 1 aliphatic carbocycles. The summed E-state index contributed by atoms with van der Waals surface area (Å²) in [5, 5.41) is 11.4. The zero-order chi connectivity index (χ0) is 13.9. The molecule has 3 atom stereocenters. The molecule has 0 heterocycles. The topological polar surface area (TPSA) is 46.2 Å². The summed E-state index contributed by atoms with van der Waals surface area (Å²) < 4.78 is 0. The maximum atomic E-state index is 11.4. The predicted octanol–water partition coefficient (Wildman–Crippen LogP) is 3.45. The molecule has 0 bridgehead atoms. The lowest BCUT2D eigenvalue weighted by Gasteiger charge is -2.51. The highest BCUT2D eigenvalue weighted by Gasteiger charge is 2.51. The molecule has 2 heteroatoms. The van der Waals surface area contributed by atoms with Crippen molar-refractivity contribution in [2.75, 3.05) is 6.54 Å². The van der Waals surface area contributed by atoms with E-state index in [4.69, 9.17) is 5.73 Å². The van der Waals surface area contributed by atoms with Gasteiger partial charge in [0, 0.05) is 17.9 Å². The molecule has 1 saturated carbocycles. The molecule has 1 aromatic carbocycles. The normalized spacial score (nSPS) is 30.8. The SMILES string of the molecule is CCC(C)(CN)C1(O)CCCCC1c1ccccc1. The summed E-state index contributed by atoms with van der Waals surface area (Å²) in [4.78, 5) is 0. The van der Waals surface area contributed by atoms with Crippen molar-refractivity contribution in [3.8, 4) is 0 Å². The van der Waals surface area contributed by atoms with Gasteiger partial charge in [-0.3, -0.25) is 0 Å². The van der Waals surface area contributed by atoms with Crippen LogP contribution in [0.3, 0.4) is 0 Å². The maximum absolute atomic E-state index is 11.4. The molecule has 106 valence electrons. The van der Waals surface area contributed by atoms with Gasteiger partial charge in [0.05, 0.1) is 5.60 Å². The second-order valence-electron chi connectivity index (χ2n) is 6.25. The van der Waals surface area contributed by atoms with Crippen molar-refractivity contribution in [2.24, 2.45) is 11.1 Å². The van der Waals surface area contributed by atoms with Crippen LogP contribution in [0, 0.1) is 5.41 Å². The Hall–Kier alpha value is -0.860. The molecule has 0 saturated heterocycles. The highest BCUT2D eigenvalue weighted by Crippen LogP contribution is 2.51. The molecule has 3 N–H and O–H groups in total. The summed E-state index contributed by atoms with van der Waals surface area (Å²) in [7, 11) is 0. The van der Waals surface area contributed by atoms with Crippen molar-refractivity contribution in [1.82, 2.24) is 0 Å². The quantitative estimate of drug-likeness (QED) is 0.872. The standard InChI is InChI=1S/C17H27NO/c1-3-16(2,13-18)17(19)12-8-7-11-15(17)14-9-5-4-6-10-14/h4-6,9-10,15,19H,3,7-8,11-13,18H2,1-2H3. The van der Waals surface area contributed by atoms with Crippen LogP contribution >= 0.6 is 0 Å². The summed E-state index contributed by atoms with van der Waals surface area (Å²) in [5.41, 5.74) is 6.40. The Morgan fingerprint density at radius 3 is 2.58 bits per heavy atom. The van der Waals surface area contributed by atoms with Gasteiger partial charge in [-0.15, -0.1) is 0 Å². The third-order valence-corrected chi connectivity index (χ3v) is 5.36. The molecule has 0 aromatic heterocycles. The molecular weight excluding hydrogens is 234 g/mol. The Morgan fingerprint density at radius 1 is 1.32 bits per heavy atom. The minimum Gasteiger partial charge on any atom is -0.389 e. The highest BCUT2D eigenvalue weighted by atomic mass is 16.3. The van der Waals surface area contributed by atoms with Crippen molar-refractivity contribution < 1.29 is 5.11 Å². The van der Waals surface area contributed by atoms with E-state index in [2.05, 4.69) is 38.1 Å². The number of hydrogen-bond acceptors (Lipinski definition) is 2. The van der Waals surface area contributed by atoms with Crippen LogP contribution in [0.25, 0.3) is 0 Å². The fourth-order valence-corrected chi connectivity index (χ4v) is 3.63. The van der Waals surface area contributed by atoms with Gasteiger partial charge < -0.3 is 10.8 Å². The first-order valence-corrected chi connectivity index (χ1v) is 7.55. The molecule has 0 spiro atoms. The van der Waals surface area contributed by atoms with Gasteiger partial charge in [0.15, 0.2) is 0 Å². The smallest absolute Gasteiger partial charge is 0.0781 e. The van der Waals surface area contributed by atoms with Crippen LogP contribution < -0.4 is 5.73 Å². The fraction of sp³-hybridized carbons (Fsp3) is 0.647. The van der Waals surface area contributed by atoms with Crippen LogP contribution in [-0.2, 0) is 0 Å². The zero-order valence-electron chi connectivity index (χ0n) is 12.2. The van der Waals surface area contributed by atoms with Crippen LogP contribution in [0.5, 0.6) is 0 Å². The minimum absolute atomic E-state index is 0.200. The van der Waals surface area contributed by atoms with Crippen molar-refractivity contribution in [2.45, 2.75) is 57.5 Å². The summed E-state index contributed by atoms with van der Waals surface area (Å²) in [5.74, 6) is 0.218. The van der Waals surface area contributed by atoms with E-state index in [0.717, 1.165) is 25.7 Å². The zero-order valence-corrected chi connectivity index (χ0v) is 12.2. The molecule has 19 heavy (non-hydrogen) atoms. The highest BCUT2D eigenvalue weighted by molar-refractivity contribution is 5.25. The first-order chi connectivity index (χ1) is 9.07. The van der Waals surface area contributed by atoms with Crippen LogP contribution in [0.4, 0.5) is 0 Å². The summed E-state index contributed by atoms with van der Waals surface area (Å²) >= 11 is 0. The van der Waals surface area contributed by atoms with Crippen molar-refractivity contribution in [3.63, 3.8) is 0 Å². The van der Waals surface area contributed by atoms with Crippen molar-refractivity contribution >= 4 is 0 Å². The second-order valence-corrected chi connectivity index (χ2v) is 6.25. The Balaban J connectivity index is 2.40. The van der Waals surface area contributed by atoms with Crippen LogP contribution in [0.2, 0.25) is 0 Å². The Morgan fingerprint density at radius 2 is 2.00 bits per heavy atom. The third-order valence-electron chi connectivity index (χ3n) is 5.36. The van der Waals surface area contributed by atoms with Gasteiger partial charge in [0.1, 0.15) is 0 Å². The van der Waals surface area contributed by atoms with E-state index in [1.54, 1.807) is 0 Å². The largest absolute Gasteiger partial charge is 0.389 e. The molecule has 0 amide bonds. The molecule has 3 unspecified atom stereocenters. The van der Waals surface area contributed by atoms with Crippen LogP contribution in [0.1, 0.15) is 57.4 Å². The molecule has 1 aliphatic rings. The first kappa shape index (κ1) is 14.5. The Labute approximate surface area is 117 Å². The fourth-order valence-electron chi connectivity index (χ4n) is 3.63. The molecule has 1 fully saturated rings. The van der Waals surface area contributed by atoms with Crippen LogP contribution in [0.15, 0.2) is 30.3 Å². The Bertz CT molecular complexity index is 399. The summed E-state index contributed by atoms with van der Waals surface area (Å²) in [6.45, 7) is 4.83. The summed E-state index contributed by atoms with van der Waals surface area (Å²) in [6, 6.07) is 10.5. The van der Waals surface area contributed by atoms with E-state index in [1.165, 1.54) is 12.0 Å². The Kier molecular flexibility index (Phi) is 4.32. The molecule has 0 aliphatic heterocycles. The number of aliphatic hydroxyl groups is 1. The number of nitrogens with two attached hydrogens (primary N) is 1. The van der Waals surface area contributed by atoms with Gasteiger partial charge in [-0.25, -0.2) is 0 Å². The number of hydrogen-bond donors (Lipinski definition) is 2. The first-order valence-electron chi connectivity index (χ1n) is 7.55. The molecule has 1 aromatic rings. The lowest BCUT2D eigenvalue weighted by Crippen LogP contribution is -2.55. The van der Waals surface area contributed by atoms with Gasteiger partial charge in [-0.1, -0.05) is 57.0 Å². The van der Waals surface area contributed by atoms with E-state index < -0.39 is 5.60 Å². The average Bonchev–Trinajstić information content (AvgIpc) is 2.47. The van der Waals surface area contributed by atoms with Gasteiger partial charge in [-0.2, -0.15) is 0 Å². The maximum Gasteiger partial charge on any atom is 0.0781 e.